The highest BCUT2D eigenvalue weighted by atomic mass is 35.5. The quantitative estimate of drug-likeness (QED) is 0.587. The summed E-state index contributed by atoms with van der Waals surface area (Å²) in [5, 5.41) is 11.8. The Balaban J connectivity index is 1.64. The fourth-order valence-corrected chi connectivity index (χ4v) is 2.63. The van der Waals surface area contributed by atoms with Gasteiger partial charge in [0.15, 0.2) is 0 Å². The minimum Gasteiger partial charge on any atom is -0.497 e. The lowest BCUT2D eigenvalue weighted by molar-refractivity contribution is 0.415. The minimum atomic E-state index is 0.358. The Morgan fingerprint density at radius 3 is 2.72 bits per heavy atom. The number of nitrogens with one attached hydrogen (secondary N) is 1. The molecule has 0 unspecified atom stereocenters. The van der Waals surface area contributed by atoms with Crippen LogP contribution in [0.3, 0.4) is 0 Å². The van der Waals surface area contributed by atoms with E-state index < -0.39 is 0 Å². The number of rotatable bonds is 4. The third kappa shape index (κ3) is 3.12. The molecule has 6 nitrogen and oxygen atoms in total. The molecule has 0 spiro atoms. The highest BCUT2D eigenvalue weighted by molar-refractivity contribution is 6.30. The smallest absolute Gasteiger partial charge is 0.276 e. The fourth-order valence-electron chi connectivity index (χ4n) is 2.44. The molecule has 4 aromatic rings. The molecule has 0 amide bonds. The summed E-state index contributed by atoms with van der Waals surface area (Å²) in [6, 6.07) is 16.8. The van der Waals surface area contributed by atoms with Gasteiger partial charge < -0.3 is 9.26 Å². The molecule has 2 aromatic carbocycles. The first kappa shape index (κ1) is 15.4. The molecule has 0 radical (unpaired) electrons. The molecule has 0 fully saturated rings. The van der Waals surface area contributed by atoms with Crippen molar-refractivity contribution in [3.8, 4) is 40.0 Å². The zero-order valence-electron chi connectivity index (χ0n) is 13.2. The third-order valence-electron chi connectivity index (χ3n) is 3.68. The van der Waals surface area contributed by atoms with Crippen molar-refractivity contribution in [2.75, 3.05) is 7.11 Å². The van der Waals surface area contributed by atoms with Gasteiger partial charge in [0.1, 0.15) is 11.4 Å². The number of nitrogens with zero attached hydrogens (tertiary/aromatic N) is 3. The van der Waals surface area contributed by atoms with E-state index in [4.69, 9.17) is 20.9 Å². The molecule has 0 aliphatic heterocycles. The van der Waals surface area contributed by atoms with E-state index in [0.29, 0.717) is 22.4 Å². The Bertz CT molecular complexity index is 1030. The van der Waals surface area contributed by atoms with Gasteiger partial charge in [-0.05, 0) is 30.3 Å². The Morgan fingerprint density at radius 1 is 1.04 bits per heavy atom. The molecule has 0 aliphatic rings. The van der Waals surface area contributed by atoms with Crippen LogP contribution >= 0.6 is 11.6 Å². The number of H-pyrrole nitrogens is 1. The number of benzene rings is 2. The van der Waals surface area contributed by atoms with Crippen LogP contribution in [0, 0.1) is 0 Å². The van der Waals surface area contributed by atoms with Crippen molar-refractivity contribution in [1.29, 1.82) is 0 Å². The summed E-state index contributed by atoms with van der Waals surface area (Å²) in [7, 11) is 1.63. The van der Waals surface area contributed by atoms with E-state index in [9.17, 15) is 0 Å². The number of hydrogen-bond acceptors (Lipinski definition) is 5. The second-order valence-electron chi connectivity index (χ2n) is 5.33. The molecule has 1 N–H and O–H groups in total. The number of ether oxygens (including phenoxy) is 1. The lowest BCUT2D eigenvalue weighted by atomic mass is 10.1. The topological polar surface area (TPSA) is 76.8 Å². The van der Waals surface area contributed by atoms with Crippen molar-refractivity contribution < 1.29 is 9.26 Å². The molecule has 7 heteroatoms. The normalized spacial score (nSPS) is 10.8. The van der Waals surface area contributed by atoms with Crippen LogP contribution < -0.4 is 4.74 Å². The Hall–Kier alpha value is -3.12. The molecule has 0 aliphatic carbocycles. The average molecular weight is 353 g/mol. The number of aromatic amines is 1. The molecule has 2 heterocycles. The molecule has 124 valence electrons. The average Bonchev–Trinajstić information content (AvgIpc) is 3.31. The molecule has 2 aromatic heterocycles. The Kier molecular flexibility index (Phi) is 3.95. The van der Waals surface area contributed by atoms with E-state index >= 15 is 0 Å². The first-order valence-electron chi connectivity index (χ1n) is 7.53. The van der Waals surface area contributed by atoms with Crippen LogP contribution in [0.4, 0.5) is 0 Å². The van der Waals surface area contributed by atoms with Crippen LogP contribution in [-0.2, 0) is 0 Å². The van der Waals surface area contributed by atoms with Gasteiger partial charge in [-0.25, -0.2) is 0 Å². The van der Waals surface area contributed by atoms with Crippen molar-refractivity contribution >= 4 is 11.6 Å². The maximum absolute atomic E-state index is 6.00. The summed E-state index contributed by atoms with van der Waals surface area (Å²) >= 11 is 6.00. The maximum Gasteiger partial charge on any atom is 0.276 e. The summed E-state index contributed by atoms with van der Waals surface area (Å²) in [4.78, 5) is 4.40. The molecule has 0 saturated heterocycles. The minimum absolute atomic E-state index is 0.358. The molecular formula is C18H13ClN4O2. The Labute approximate surface area is 148 Å². The SMILES string of the molecule is COc1cccc(-c2cc(-c3nc(-c4cccc(Cl)c4)no3)[nH]n2)c1. The molecule has 4 rings (SSSR count). The lowest BCUT2D eigenvalue weighted by Gasteiger charge is -2.00. The lowest BCUT2D eigenvalue weighted by Crippen LogP contribution is -1.83. The van der Waals surface area contributed by atoms with Gasteiger partial charge >= 0.3 is 0 Å². The second-order valence-corrected chi connectivity index (χ2v) is 5.77. The standard InChI is InChI=1S/C18H13ClN4O2/c1-24-14-7-3-4-11(9-14)15-10-16(22-21-15)18-20-17(23-25-18)12-5-2-6-13(19)8-12/h2-10H,1H3,(H,21,22). The largest absolute Gasteiger partial charge is 0.497 e. The Morgan fingerprint density at radius 2 is 1.88 bits per heavy atom. The summed E-state index contributed by atoms with van der Waals surface area (Å²) in [6.45, 7) is 0. The molecular weight excluding hydrogens is 340 g/mol. The van der Waals surface area contributed by atoms with E-state index in [1.54, 1.807) is 19.2 Å². The van der Waals surface area contributed by atoms with E-state index in [1.165, 1.54) is 0 Å². The van der Waals surface area contributed by atoms with Gasteiger partial charge in [-0.1, -0.05) is 41.0 Å². The monoisotopic (exact) mass is 352 g/mol. The fraction of sp³-hybridized carbons (Fsp3) is 0.0556. The van der Waals surface area contributed by atoms with Crippen LogP contribution in [0.1, 0.15) is 0 Å². The van der Waals surface area contributed by atoms with E-state index in [-0.39, 0.29) is 0 Å². The van der Waals surface area contributed by atoms with Crippen molar-refractivity contribution in [3.63, 3.8) is 0 Å². The van der Waals surface area contributed by atoms with Gasteiger partial charge in [-0.2, -0.15) is 10.1 Å². The molecule has 0 atom stereocenters. The van der Waals surface area contributed by atoms with Gasteiger partial charge in [0.05, 0.1) is 12.8 Å². The van der Waals surface area contributed by atoms with Gasteiger partial charge in [0.2, 0.25) is 5.82 Å². The van der Waals surface area contributed by atoms with Gasteiger partial charge in [0.25, 0.3) is 5.89 Å². The van der Waals surface area contributed by atoms with Crippen molar-refractivity contribution in [2.24, 2.45) is 0 Å². The first-order valence-corrected chi connectivity index (χ1v) is 7.90. The van der Waals surface area contributed by atoms with Gasteiger partial charge in [0, 0.05) is 16.1 Å². The number of halogens is 1. The van der Waals surface area contributed by atoms with Gasteiger partial charge in [-0.15, -0.1) is 0 Å². The summed E-state index contributed by atoms with van der Waals surface area (Å²) in [5.41, 5.74) is 3.11. The second kappa shape index (κ2) is 6.41. The van der Waals surface area contributed by atoms with Crippen LogP contribution in [0.2, 0.25) is 5.02 Å². The van der Waals surface area contributed by atoms with Crippen molar-refractivity contribution in [2.45, 2.75) is 0 Å². The molecule has 0 saturated carbocycles. The summed E-state index contributed by atoms with van der Waals surface area (Å²) in [6.07, 6.45) is 0. The predicted molar refractivity (Wildman–Crippen MR) is 94.3 cm³/mol. The van der Waals surface area contributed by atoms with Gasteiger partial charge in [-0.3, -0.25) is 5.10 Å². The maximum atomic E-state index is 6.00. The van der Waals surface area contributed by atoms with Crippen LogP contribution in [0.25, 0.3) is 34.2 Å². The zero-order chi connectivity index (χ0) is 17.2. The van der Waals surface area contributed by atoms with Crippen molar-refractivity contribution in [1.82, 2.24) is 20.3 Å². The first-order chi connectivity index (χ1) is 12.2. The zero-order valence-corrected chi connectivity index (χ0v) is 14.0. The number of methoxy groups -OCH3 is 1. The summed E-state index contributed by atoms with van der Waals surface area (Å²) in [5.74, 6) is 1.59. The summed E-state index contributed by atoms with van der Waals surface area (Å²) < 4.78 is 10.6. The van der Waals surface area contributed by atoms with Crippen LogP contribution in [0.5, 0.6) is 5.75 Å². The molecule has 25 heavy (non-hydrogen) atoms. The highest BCUT2D eigenvalue weighted by Gasteiger charge is 2.14. The third-order valence-corrected chi connectivity index (χ3v) is 3.92. The predicted octanol–water partition coefficient (Wildman–Crippen LogP) is 4.46. The van der Waals surface area contributed by atoms with Crippen LogP contribution in [-0.4, -0.2) is 27.4 Å². The number of hydrogen-bond donors (Lipinski definition) is 1. The van der Waals surface area contributed by atoms with Crippen molar-refractivity contribution in [3.05, 3.63) is 59.6 Å². The van der Waals surface area contributed by atoms with E-state index in [2.05, 4.69) is 20.3 Å². The molecule has 0 bridgehead atoms. The van der Waals surface area contributed by atoms with E-state index in [0.717, 1.165) is 22.6 Å². The highest BCUT2D eigenvalue weighted by Crippen LogP contribution is 2.27. The van der Waals surface area contributed by atoms with Crippen LogP contribution in [0.15, 0.2) is 59.1 Å². The van der Waals surface area contributed by atoms with E-state index in [1.807, 2.05) is 42.5 Å². The number of aromatic nitrogens is 4.